The number of fused-ring (bicyclic) bond motifs is 1. The third kappa shape index (κ3) is 4.57. The van der Waals surface area contributed by atoms with Gasteiger partial charge in [-0.05, 0) is 50.2 Å². The fourth-order valence-corrected chi connectivity index (χ4v) is 4.20. The molecule has 0 aliphatic carbocycles. The second-order valence-corrected chi connectivity index (χ2v) is 8.76. The average Bonchev–Trinajstić information content (AvgIpc) is 3.15. The second kappa shape index (κ2) is 10.1. The van der Waals surface area contributed by atoms with Gasteiger partial charge in [-0.3, -0.25) is 19.3 Å². The third-order valence-corrected chi connectivity index (χ3v) is 6.32. The maximum Gasteiger partial charge on any atom is 0.339 e. The summed E-state index contributed by atoms with van der Waals surface area (Å²) in [5.74, 6) is -1.30. The fraction of sp³-hybridized carbons (Fsp3) is 0.138. The van der Waals surface area contributed by atoms with Crippen molar-refractivity contribution in [3.63, 3.8) is 0 Å². The molecule has 38 heavy (non-hydrogen) atoms. The molecule has 1 unspecified atom stereocenters. The quantitative estimate of drug-likeness (QED) is 0.344. The molecule has 0 aliphatic rings. The molecule has 3 aromatic heterocycles. The summed E-state index contributed by atoms with van der Waals surface area (Å²) >= 11 is 0. The summed E-state index contributed by atoms with van der Waals surface area (Å²) in [6, 6.07) is 23.3. The van der Waals surface area contributed by atoms with Crippen LogP contribution in [0, 0.1) is 6.92 Å². The Morgan fingerprint density at radius 2 is 1.66 bits per heavy atom. The van der Waals surface area contributed by atoms with Gasteiger partial charge in [0, 0.05) is 18.6 Å². The number of rotatable bonds is 6. The summed E-state index contributed by atoms with van der Waals surface area (Å²) in [5.41, 5.74) is 2.93. The molecular weight excluding hydrogens is 482 g/mol. The van der Waals surface area contributed by atoms with E-state index in [1.54, 1.807) is 73.4 Å². The summed E-state index contributed by atoms with van der Waals surface area (Å²) in [4.78, 5) is 48.4. The number of anilines is 1. The van der Waals surface area contributed by atoms with E-state index >= 15 is 0 Å². The number of amides is 1. The SMILES string of the molecule is Cc1c(NC(=O)C(C)OC(=O)c2cc(-c3ccccn3)nc3ccccc23)c(=O)n(-c2ccccc2)n1C. The highest BCUT2D eigenvalue weighted by atomic mass is 16.5. The lowest BCUT2D eigenvalue weighted by Crippen LogP contribution is -2.32. The number of esters is 1. The molecule has 9 heteroatoms. The van der Waals surface area contributed by atoms with Crippen LogP contribution in [-0.2, 0) is 16.6 Å². The summed E-state index contributed by atoms with van der Waals surface area (Å²) in [6.07, 6.45) is 0.477. The highest BCUT2D eigenvalue weighted by Gasteiger charge is 2.25. The van der Waals surface area contributed by atoms with Crippen molar-refractivity contribution in [2.75, 3.05) is 5.32 Å². The van der Waals surface area contributed by atoms with Crippen molar-refractivity contribution < 1.29 is 14.3 Å². The molecule has 9 nitrogen and oxygen atoms in total. The summed E-state index contributed by atoms with van der Waals surface area (Å²) < 4.78 is 8.68. The molecule has 3 heterocycles. The molecule has 0 saturated carbocycles. The number of carbonyl (C=O) groups excluding carboxylic acids is 2. The van der Waals surface area contributed by atoms with Gasteiger partial charge >= 0.3 is 5.97 Å². The predicted molar refractivity (Wildman–Crippen MR) is 144 cm³/mol. The number of nitrogens with one attached hydrogen (secondary N) is 1. The Hall–Kier alpha value is -5.05. The van der Waals surface area contributed by atoms with Gasteiger partial charge in [0.1, 0.15) is 5.69 Å². The lowest BCUT2D eigenvalue weighted by molar-refractivity contribution is -0.123. The first-order valence-corrected chi connectivity index (χ1v) is 12.0. The van der Waals surface area contributed by atoms with Gasteiger partial charge in [0.25, 0.3) is 11.5 Å². The first kappa shape index (κ1) is 24.6. The number of hydrogen-bond acceptors (Lipinski definition) is 6. The molecule has 0 radical (unpaired) electrons. The Morgan fingerprint density at radius 1 is 0.947 bits per heavy atom. The first-order valence-electron chi connectivity index (χ1n) is 12.0. The smallest absolute Gasteiger partial charge is 0.339 e. The van der Waals surface area contributed by atoms with Gasteiger partial charge in [-0.1, -0.05) is 42.5 Å². The van der Waals surface area contributed by atoms with E-state index in [1.807, 2.05) is 30.3 Å². The maximum absolute atomic E-state index is 13.3. The standard InChI is InChI=1S/C29H25N5O4/c1-18-26(28(36)34(33(18)3)20-11-5-4-6-12-20)32-27(35)19(2)38-29(37)22-17-25(24-15-9-10-16-30-24)31-23-14-8-7-13-21(22)23/h4-17,19H,1-3H3,(H,32,35). The topological polar surface area (TPSA) is 108 Å². The molecule has 5 rings (SSSR count). The Balaban J connectivity index is 1.40. The lowest BCUT2D eigenvalue weighted by atomic mass is 10.1. The normalized spacial score (nSPS) is 11.8. The van der Waals surface area contributed by atoms with Crippen LogP contribution < -0.4 is 10.9 Å². The molecule has 0 bridgehead atoms. The Bertz CT molecular complexity index is 1710. The zero-order valence-corrected chi connectivity index (χ0v) is 21.1. The van der Waals surface area contributed by atoms with Crippen LogP contribution in [0.15, 0.2) is 89.9 Å². The zero-order chi connectivity index (χ0) is 26.8. The number of ether oxygens (including phenoxy) is 1. The lowest BCUT2D eigenvalue weighted by Gasteiger charge is -2.14. The van der Waals surface area contributed by atoms with Crippen molar-refractivity contribution in [3.8, 4) is 17.1 Å². The number of carbonyl (C=O) groups is 2. The number of benzene rings is 2. The summed E-state index contributed by atoms with van der Waals surface area (Å²) in [7, 11) is 1.73. The average molecular weight is 508 g/mol. The largest absolute Gasteiger partial charge is 0.449 e. The van der Waals surface area contributed by atoms with Gasteiger partial charge in [0.05, 0.1) is 33.8 Å². The molecule has 0 fully saturated rings. The van der Waals surface area contributed by atoms with Crippen molar-refractivity contribution in [3.05, 3.63) is 107 Å². The molecule has 0 saturated heterocycles. The van der Waals surface area contributed by atoms with Gasteiger partial charge in [0.15, 0.2) is 6.10 Å². The van der Waals surface area contributed by atoms with E-state index in [-0.39, 0.29) is 16.8 Å². The van der Waals surface area contributed by atoms with Crippen molar-refractivity contribution in [2.24, 2.45) is 7.05 Å². The van der Waals surface area contributed by atoms with E-state index in [2.05, 4.69) is 15.3 Å². The van der Waals surface area contributed by atoms with Crippen LogP contribution in [-0.4, -0.2) is 37.3 Å². The predicted octanol–water partition coefficient (Wildman–Crippen LogP) is 4.28. The van der Waals surface area contributed by atoms with Crippen LogP contribution in [0.3, 0.4) is 0 Å². The third-order valence-electron chi connectivity index (χ3n) is 6.32. The van der Waals surface area contributed by atoms with Crippen LogP contribution in [0.1, 0.15) is 23.0 Å². The van der Waals surface area contributed by atoms with Crippen molar-refractivity contribution in [2.45, 2.75) is 20.0 Å². The first-order chi connectivity index (χ1) is 18.3. The van der Waals surface area contributed by atoms with Gasteiger partial charge in [-0.25, -0.2) is 14.5 Å². The van der Waals surface area contributed by atoms with Gasteiger partial charge in [-0.2, -0.15) is 0 Å². The minimum Gasteiger partial charge on any atom is -0.449 e. The van der Waals surface area contributed by atoms with Crippen LogP contribution in [0.25, 0.3) is 28.0 Å². The van der Waals surface area contributed by atoms with E-state index < -0.39 is 18.0 Å². The Kier molecular flexibility index (Phi) is 6.57. The van der Waals surface area contributed by atoms with Crippen LogP contribution in [0.2, 0.25) is 0 Å². The Morgan fingerprint density at radius 3 is 2.39 bits per heavy atom. The minimum atomic E-state index is -1.17. The summed E-state index contributed by atoms with van der Waals surface area (Å²) in [6.45, 7) is 3.19. The van der Waals surface area contributed by atoms with E-state index in [0.29, 0.717) is 33.7 Å². The fourth-order valence-electron chi connectivity index (χ4n) is 4.20. The van der Waals surface area contributed by atoms with Crippen molar-refractivity contribution in [1.29, 1.82) is 0 Å². The number of pyridine rings is 2. The molecule has 5 aromatic rings. The molecule has 1 N–H and O–H groups in total. The number of para-hydroxylation sites is 2. The van der Waals surface area contributed by atoms with Crippen LogP contribution >= 0.6 is 0 Å². The highest BCUT2D eigenvalue weighted by molar-refractivity contribution is 6.06. The van der Waals surface area contributed by atoms with Crippen LogP contribution in [0.4, 0.5) is 5.69 Å². The molecule has 2 aromatic carbocycles. The zero-order valence-electron chi connectivity index (χ0n) is 21.1. The minimum absolute atomic E-state index is 0.121. The van der Waals surface area contributed by atoms with E-state index in [9.17, 15) is 14.4 Å². The van der Waals surface area contributed by atoms with Crippen LogP contribution in [0.5, 0.6) is 0 Å². The van der Waals surface area contributed by atoms with Gasteiger partial charge in [0.2, 0.25) is 0 Å². The number of nitrogens with zero attached hydrogens (tertiary/aromatic N) is 4. The van der Waals surface area contributed by atoms with Gasteiger partial charge < -0.3 is 10.1 Å². The molecular formula is C29H25N5O4. The monoisotopic (exact) mass is 507 g/mol. The number of hydrogen-bond donors (Lipinski definition) is 1. The Labute approximate surface area is 218 Å². The van der Waals surface area contributed by atoms with E-state index in [0.717, 1.165) is 0 Å². The molecule has 0 aliphatic heterocycles. The molecule has 0 spiro atoms. The molecule has 1 amide bonds. The molecule has 190 valence electrons. The van der Waals surface area contributed by atoms with Crippen molar-refractivity contribution >= 4 is 28.5 Å². The number of aromatic nitrogens is 4. The molecule has 1 atom stereocenters. The van der Waals surface area contributed by atoms with Crippen molar-refractivity contribution in [1.82, 2.24) is 19.3 Å². The second-order valence-electron chi connectivity index (χ2n) is 8.76. The maximum atomic E-state index is 13.3. The van der Waals surface area contributed by atoms with E-state index in [4.69, 9.17) is 4.74 Å². The highest BCUT2D eigenvalue weighted by Crippen LogP contribution is 2.25. The summed E-state index contributed by atoms with van der Waals surface area (Å²) in [5, 5.41) is 3.24. The van der Waals surface area contributed by atoms with Gasteiger partial charge in [-0.15, -0.1) is 0 Å². The van der Waals surface area contributed by atoms with E-state index in [1.165, 1.54) is 11.6 Å².